The lowest BCUT2D eigenvalue weighted by Crippen LogP contribution is -2.37. The summed E-state index contributed by atoms with van der Waals surface area (Å²) in [5.74, 6) is -0.101. The highest BCUT2D eigenvalue weighted by atomic mass is 16.6. The van der Waals surface area contributed by atoms with Gasteiger partial charge in [-0.15, -0.1) is 0 Å². The molecule has 0 heterocycles. The van der Waals surface area contributed by atoms with E-state index in [2.05, 4.69) is 0 Å². The van der Waals surface area contributed by atoms with E-state index in [-0.39, 0.29) is 18.4 Å². The molecule has 0 saturated heterocycles. The zero-order valence-corrected chi connectivity index (χ0v) is 11.9. The van der Waals surface area contributed by atoms with Crippen LogP contribution < -0.4 is 0 Å². The maximum Gasteiger partial charge on any atom is 0.410 e. The van der Waals surface area contributed by atoms with Gasteiger partial charge in [-0.05, 0) is 19.3 Å². The maximum atomic E-state index is 11.6. The number of likely N-dealkylation sites (N-methyl/N-ethyl adjacent to an activating group) is 1. The summed E-state index contributed by atoms with van der Waals surface area (Å²) >= 11 is 0. The van der Waals surface area contributed by atoms with Gasteiger partial charge in [0.25, 0.3) is 0 Å². The van der Waals surface area contributed by atoms with Crippen molar-refractivity contribution in [2.24, 2.45) is 5.92 Å². The van der Waals surface area contributed by atoms with Gasteiger partial charge in [0.2, 0.25) is 0 Å². The van der Waals surface area contributed by atoms with Gasteiger partial charge in [0.05, 0.1) is 13.2 Å². The van der Waals surface area contributed by atoms with Gasteiger partial charge in [0.15, 0.2) is 0 Å². The fourth-order valence-corrected chi connectivity index (χ4v) is 1.17. The molecule has 0 aliphatic heterocycles. The third-order valence-electron chi connectivity index (χ3n) is 2.26. The quantitative estimate of drug-likeness (QED) is 0.496. The molecule has 0 radical (unpaired) electrons. The van der Waals surface area contributed by atoms with Crippen molar-refractivity contribution in [3.8, 4) is 0 Å². The number of esters is 1. The summed E-state index contributed by atoms with van der Waals surface area (Å²) in [5, 5.41) is 0. The van der Waals surface area contributed by atoms with Gasteiger partial charge in [0, 0.05) is 6.54 Å². The summed E-state index contributed by atoms with van der Waals surface area (Å²) in [6.45, 7) is 8.90. The van der Waals surface area contributed by atoms with Crippen LogP contribution in [-0.2, 0) is 14.3 Å². The molecule has 0 N–H and O–H groups in total. The molecule has 0 atom stereocenters. The average Bonchev–Trinajstić information content (AvgIpc) is 2.33. The Hall–Kier alpha value is -1.26. The SMILES string of the molecule is CCCCOC(=O)CN(CC)C(=O)OCC(C)C. The van der Waals surface area contributed by atoms with E-state index in [4.69, 9.17) is 9.47 Å². The first kappa shape index (κ1) is 16.7. The lowest BCUT2D eigenvalue weighted by atomic mass is 10.2. The second-order valence-corrected chi connectivity index (χ2v) is 4.56. The Bertz CT molecular complexity index is 253. The van der Waals surface area contributed by atoms with E-state index < -0.39 is 6.09 Å². The first-order valence-electron chi connectivity index (χ1n) is 6.58. The highest BCUT2D eigenvalue weighted by Crippen LogP contribution is 2.00. The molecule has 0 aliphatic rings. The van der Waals surface area contributed by atoms with Crippen LogP contribution in [0.25, 0.3) is 0 Å². The second-order valence-electron chi connectivity index (χ2n) is 4.56. The highest BCUT2D eigenvalue weighted by Gasteiger charge is 2.17. The molecule has 0 saturated carbocycles. The van der Waals surface area contributed by atoms with E-state index in [9.17, 15) is 9.59 Å². The van der Waals surface area contributed by atoms with Crippen LogP contribution in [0.15, 0.2) is 0 Å². The number of unbranched alkanes of at least 4 members (excludes halogenated alkanes) is 1. The topological polar surface area (TPSA) is 55.8 Å². The van der Waals surface area contributed by atoms with E-state index in [0.29, 0.717) is 19.8 Å². The molecule has 0 fully saturated rings. The molecule has 0 aromatic rings. The smallest absolute Gasteiger partial charge is 0.410 e. The molecular weight excluding hydrogens is 234 g/mol. The van der Waals surface area contributed by atoms with Gasteiger partial charge in [-0.3, -0.25) is 9.69 Å². The summed E-state index contributed by atoms with van der Waals surface area (Å²) < 4.78 is 10.1. The summed E-state index contributed by atoms with van der Waals surface area (Å²) in [7, 11) is 0. The Morgan fingerprint density at radius 1 is 1.17 bits per heavy atom. The summed E-state index contributed by atoms with van der Waals surface area (Å²) in [5.41, 5.74) is 0. The van der Waals surface area contributed by atoms with Gasteiger partial charge < -0.3 is 9.47 Å². The van der Waals surface area contributed by atoms with Crippen LogP contribution in [0.3, 0.4) is 0 Å². The van der Waals surface area contributed by atoms with Crippen molar-refractivity contribution < 1.29 is 19.1 Å². The van der Waals surface area contributed by atoms with Crippen molar-refractivity contribution >= 4 is 12.1 Å². The summed E-state index contributed by atoms with van der Waals surface area (Å²) in [6, 6.07) is 0. The van der Waals surface area contributed by atoms with Crippen molar-refractivity contribution in [1.82, 2.24) is 4.90 Å². The largest absolute Gasteiger partial charge is 0.464 e. The van der Waals surface area contributed by atoms with Gasteiger partial charge in [-0.25, -0.2) is 4.79 Å². The average molecular weight is 259 g/mol. The van der Waals surface area contributed by atoms with E-state index in [1.807, 2.05) is 20.8 Å². The summed E-state index contributed by atoms with van der Waals surface area (Å²) in [4.78, 5) is 24.4. The predicted octanol–water partition coefficient (Wildman–Crippen LogP) is 2.44. The molecule has 0 bridgehead atoms. The minimum atomic E-state index is -0.460. The van der Waals surface area contributed by atoms with E-state index >= 15 is 0 Å². The number of rotatable bonds is 8. The van der Waals surface area contributed by atoms with Crippen LogP contribution >= 0.6 is 0 Å². The number of hydrogen-bond donors (Lipinski definition) is 0. The lowest BCUT2D eigenvalue weighted by molar-refractivity contribution is -0.144. The molecule has 0 rings (SSSR count). The number of carbonyl (C=O) groups is 2. The van der Waals surface area contributed by atoms with Gasteiger partial charge in [-0.1, -0.05) is 27.2 Å². The lowest BCUT2D eigenvalue weighted by Gasteiger charge is -2.20. The van der Waals surface area contributed by atoms with Crippen molar-refractivity contribution in [3.05, 3.63) is 0 Å². The third-order valence-corrected chi connectivity index (χ3v) is 2.26. The number of nitrogens with zero attached hydrogens (tertiary/aromatic N) is 1. The zero-order chi connectivity index (χ0) is 14.0. The van der Waals surface area contributed by atoms with Crippen LogP contribution in [-0.4, -0.2) is 43.3 Å². The minimum absolute atomic E-state index is 0.0445. The summed E-state index contributed by atoms with van der Waals surface area (Å²) in [6.07, 6.45) is 1.36. The fourth-order valence-electron chi connectivity index (χ4n) is 1.17. The van der Waals surface area contributed by atoms with Crippen LogP contribution in [0.5, 0.6) is 0 Å². The van der Waals surface area contributed by atoms with Crippen LogP contribution in [0, 0.1) is 5.92 Å². The molecule has 0 aliphatic carbocycles. The van der Waals surface area contributed by atoms with Crippen LogP contribution in [0.2, 0.25) is 0 Å². The highest BCUT2D eigenvalue weighted by molar-refractivity contribution is 5.78. The number of carbonyl (C=O) groups excluding carboxylic acids is 2. The van der Waals surface area contributed by atoms with E-state index in [1.54, 1.807) is 6.92 Å². The van der Waals surface area contributed by atoms with Gasteiger partial charge >= 0.3 is 12.1 Å². The minimum Gasteiger partial charge on any atom is -0.464 e. The van der Waals surface area contributed by atoms with E-state index in [0.717, 1.165) is 12.8 Å². The molecule has 0 unspecified atom stereocenters. The van der Waals surface area contributed by atoms with Crippen molar-refractivity contribution in [2.45, 2.75) is 40.5 Å². The Kier molecular flexibility index (Phi) is 9.06. The van der Waals surface area contributed by atoms with Crippen molar-refractivity contribution in [2.75, 3.05) is 26.3 Å². The molecule has 1 amide bonds. The molecule has 5 nitrogen and oxygen atoms in total. The number of amides is 1. The normalized spacial score (nSPS) is 10.3. The van der Waals surface area contributed by atoms with Crippen molar-refractivity contribution in [3.63, 3.8) is 0 Å². The molecule has 18 heavy (non-hydrogen) atoms. The molecular formula is C13H25NO4. The molecule has 106 valence electrons. The van der Waals surface area contributed by atoms with Crippen molar-refractivity contribution in [1.29, 1.82) is 0 Å². The molecule has 5 heteroatoms. The Morgan fingerprint density at radius 3 is 2.33 bits per heavy atom. The van der Waals surface area contributed by atoms with Crippen LogP contribution in [0.4, 0.5) is 4.79 Å². The third kappa shape index (κ3) is 7.92. The monoisotopic (exact) mass is 259 g/mol. The Balaban J connectivity index is 4.00. The number of ether oxygens (including phenoxy) is 2. The zero-order valence-electron chi connectivity index (χ0n) is 11.9. The first-order valence-corrected chi connectivity index (χ1v) is 6.58. The van der Waals surface area contributed by atoms with Gasteiger partial charge in [-0.2, -0.15) is 0 Å². The van der Waals surface area contributed by atoms with E-state index in [1.165, 1.54) is 4.90 Å². The standard InChI is InChI=1S/C13H25NO4/c1-5-7-8-17-12(15)9-14(6-2)13(16)18-10-11(3)4/h11H,5-10H2,1-4H3. The fraction of sp³-hybridized carbons (Fsp3) is 0.846. The second kappa shape index (κ2) is 9.74. The maximum absolute atomic E-state index is 11.6. The Labute approximate surface area is 109 Å². The van der Waals surface area contributed by atoms with Crippen LogP contribution in [0.1, 0.15) is 40.5 Å². The van der Waals surface area contributed by atoms with Gasteiger partial charge in [0.1, 0.15) is 6.54 Å². The first-order chi connectivity index (χ1) is 8.51. The number of hydrogen-bond acceptors (Lipinski definition) is 4. The molecule has 0 spiro atoms. The predicted molar refractivity (Wildman–Crippen MR) is 69.3 cm³/mol. The molecule has 0 aromatic heterocycles. The molecule has 0 aromatic carbocycles. The Morgan fingerprint density at radius 2 is 1.83 bits per heavy atom.